The average Bonchev–Trinajstić information content (AvgIpc) is 3.10. The van der Waals surface area contributed by atoms with Gasteiger partial charge in [0.25, 0.3) is 29.7 Å². The summed E-state index contributed by atoms with van der Waals surface area (Å²) in [6, 6.07) is 10.2. The smallest absolute Gasteiger partial charge is 0.241 e. The molecular weight excluding hydrogens is 548 g/mol. The number of alkyl halides is 6. The molecule has 2 aromatic carbocycles. The van der Waals surface area contributed by atoms with Crippen LogP contribution in [-0.2, 0) is 36.1 Å². The number of hydrogen-bond donors (Lipinski definition) is 0. The van der Waals surface area contributed by atoms with Crippen LogP contribution >= 0.6 is 0 Å². The Morgan fingerprint density at radius 2 is 1.26 bits per heavy atom. The highest BCUT2D eigenvalue weighted by atomic mass is 32.3. The SMILES string of the molecule is Cc1ccc(S(=O)(=O)n2cc(CC(S(=O)(=O)C(F)(F)F)S(=O)(=O)C(F)(F)F)c3ccccc32)cc1. The lowest BCUT2D eigenvalue weighted by Gasteiger charge is -2.20. The standard InChI is InChI=1S/C19H15F6NO6S3/c1-12-6-8-14(9-7-12)35(31,32)26-11-13(15-4-2-3-5-16(15)26)10-17(33(27,28)18(20,21)22)34(29,30)19(23,24)25/h2-9,11,17H,10H2,1H3. The van der Waals surface area contributed by atoms with Crippen LogP contribution in [0.15, 0.2) is 59.6 Å². The van der Waals surface area contributed by atoms with Crippen LogP contribution in [0.1, 0.15) is 11.1 Å². The highest BCUT2D eigenvalue weighted by Crippen LogP contribution is 2.39. The molecule has 0 radical (unpaired) electrons. The Morgan fingerprint density at radius 1 is 0.771 bits per heavy atom. The van der Waals surface area contributed by atoms with Gasteiger partial charge in [0.2, 0.25) is 0 Å². The fourth-order valence-corrected chi connectivity index (χ4v) is 8.04. The number of para-hydroxylation sites is 1. The molecule has 1 heterocycles. The zero-order chi connectivity index (χ0) is 26.6. The van der Waals surface area contributed by atoms with E-state index in [9.17, 15) is 51.6 Å². The van der Waals surface area contributed by atoms with Crippen molar-refractivity contribution in [3.63, 3.8) is 0 Å². The van der Waals surface area contributed by atoms with Crippen molar-refractivity contribution in [3.8, 4) is 0 Å². The lowest BCUT2D eigenvalue weighted by atomic mass is 10.1. The number of aromatic nitrogens is 1. The second kappa shape index (κ2) is 8.51. The Hall–Kier alpha value is -2.59. The summed E-state index contributed by atoms with van der Waals surface area (Å²) in [5.74, 6) is 0. The van der Waals surface area contributed by atoms with Gasteiger partial charge in [-0.2, -0.15) is 26.3 Å². The third kappa shape index (κ3) is 4.65. The molecule has 0 fully saturated rings. The van der Waals surface area contributed by atoms with Crippen LogP contribution in [0.25, 0.3) is 10.9 Å². The molecule has 0 saturated heterocycles. The molecule has 0 spiro atoms. The molecule has 35 heavy (non-hydrogen) atoms. The van der Waals surface area contributed by atoms with Crippen molar-refractivity contribution in [2.45, 2.75) is 33.8 Å². The van der Waals surface area contributed by atoms with E-state index in [2.05, 4.69) is 0 Å². The van der Waals surface area contributed by atoms with Crippen molar-refractivity contribution in [3.05, 3.63) is 65.9 Å². The molecule has 3 rings (SSSR count). The van der Waals surface area contributed by atoms with Crippen LogP contribution in [-0.4, -0.2) is 44.8 Å². The average molecular weight is 564 g/mol. The monoisotopic (exact) mass is 563 g/mol. The van der Waals surface area contributed by atoms with E-state index in [0.29, 0.717) is 15.7 Å². The van der Waals surface area contributed by atoms with E-state index < -0.39 is 57.3 Å². The second-order valence-electron chi connectivity index (χ2n) is 7.40. The molecule has 0 aliphatic rings. The molecular formula is C19H15F6NO6S3. The molecule has 0 N–H and O–H groups in total. The Morgan fingerprint density at radius 3 is 1.74 bits per heavy atom. The lowest BCUT2D eigenvalue weighted by molar-refractivity contribution is -0.0471. The Balaban J connectivity index is 2.28. The summed E-state index contributed by atoms with van der Waals surface area (Å²) in [6.07, 6.45) is -1.19. The van der Waals surface area contributed by atoms with Crippen molar-refractivity contribution in [2.75, 3.05) is 0 Å². The van der Waals surface area contributed by atoms with Crippen LogP contribution in [0.3, 0.4) is 0 Å². The first kappa shape index (κ1) is 27.0. The summed E-state index contributed by atoms with van der Waals surface area (Å²) in [5.41, 5.74) is -12.8. The molecule has 0 unspecified atom stereocenters. The summed E-state index contributed by atoms with van der Waals surface area (Å²) >= 11 is 0. The van der Waals surface area contributed by atoms with Gasteiger partial charge < -0.3 is 0 Å². The first-order valence-corrected chi connectivity index (χ1v) is 13.9. The Labute approximate surface area is 195 Å². The van der Waals surface area contributed by atoms with E-state index in [1.165, 1.54) is 42.5 Å². The van der Waals surface area contributed by atoms with Crippen LogP contribution in [0.2, 0.25) is 0 Å². The number of hydrogen-bond acceptors (Lipinski definition) is 6. The highest BCUT2D eigenvalue weighted by Gasteiger charge is 2.62. The zero-order valence-electron chi connectivity index (χ0n) is 17.4. The number of nitrogens with zero attached hydrogens (tertiary/aromatic N) is 1. The molecule has 0 aliphatic heterocycles. The number of aryl methyl sites for hydroxylation is 1. The van der Waals surface area contributed by atoms with Gasteiger partial charge in [0.1, 0.15) is 0 Å². The van der Waals surface area contributed by atoms with Gasteiger partial charge >= 0.3 is 11.0 Å². The molecule has 0 atom stereocenters. The molecule has 0 saturated carbocycles. The van der Waals surface area contributed by atoms with Gasteiger partial charge in [-0.25, -0.2) is 29.2 Å². The van der Waals surface area contributed by atoms with Gasteiger partial charge in [-0.3, -0.25) is 0 Å². The number of rotatable bonds is 6. The zero-order valence-corrected chi connectivity index (χ0v) is 19.8. The van der Waals surface area contributed by atoms with Crippen molar-refractivity contribution >= 4 is 40.6 Å². The first-order valence-electron chi connectivity index (χ1n) is 9.33. The summed E-state index contributed by atoms with van der Waals surface area (Å²) in [4.78, 5) is -0.280. The molecule has 16 heteroatoms. The second-order valence-corrected chi connectivity index (χ2v) is 13.8. The maximum Gasteiger partial charge on any atom is 0.498 e. The van der Waals surface area contributed by atoms with Crippen molar-refractivity contribution < 1.29 is 51.6 Å². The van der Waals surface area contributed by atoms with Gasteiger partial charge in [-0.1, -0.05) is 35.9 Å². The summed E-state index contributed by atoms with van der Waals surface area (Å²) < 4.78 is 149. The number of benzene rings is 2. The van der Waals surface area contributed by atoms with Gasteiger partial charge in [0, 0.05) is 18.0 Å². The van der Waals surface area contributed by atoms with Crippen molar-refractivity contribution in [1.29, 1.82) is 0 Å². The molecule has 3 aromatic rings. The normalized spacial score (nSPS) is 14.1. The van der Waals surface area contributed by atoms with Crippen LogP contribution < -0.4 is 0 Å². The van der Waals surface area contributed by atoms with E-state index >= 15 is 0 Å². The van der Waals surface area contributed by atoms with Crippen LogP contribution in [0.5, 0.6) is 0 Å². The summed E-state index contributed by atoms with van der Waals surface area (Å²) in [7, 11) is -18.2. The minimum absolute atomic E-state index is 0.212. The van der Waals surface area contributed by atoms with Crippen LogP contribution in [0, 0.1) is 6.92 Å². The third-order valence-electron chi connectivity index (χ3n) is 5.06. The van der Waals surface area contributed by atoms with E-state index in [-0.39, 0.29) is 15.8 Å². The predicted molar refractivity (Wildman–Crippen MR) is 113 cm³/mol. The molecule has 7 nitrogen and oxygen atoms in total. The fraction of sp³-hybridized carbons (Fsp3) is 0.263. The molecule has 1 aromatic heterocycles. The van der Waals surface area contributed by atoms with Crippen molar-refractivity contribution in [1.82, 2.24) is 3.97 Å². The quantitative estimate of drug-likeness (QED) is 0.421. The maximum atomic E-state index is 13.1. The summed E-state index contributed by atoms with van der Waals surface area (Å²) in [6.45, 7) is 1.67. The molecule has 0 amide bonds. The van der Waals surface area contributed by atoms with E-state index in [4.69, 9.17) is 0 Å². The highest BCUT2D eigenvalue weighted by molar-refractivity contribution is 8.09. The van der Waals surface area contributed by atoms with Crippen molar-refractivity contribution in [2.24, 2.45) is 0 Å². The third-order valence-corrected chi connectivity index (χ3v) is 11.3. The Kier molecular flexibility index (Phi) is 6.57. The number of halogens is 6. The first-order chi connectivity index (χ1) is 15.8. The molecule has 0 aliphatic carbocycles. The van der Waals surface area contributed by atoms with Gasteiger partial charge in [-0.05, 0) is 30.7 Å². The van der Waals surface area contributed by atoms with Gasteiger partial charge in [0.05, 0.1) is 10.4 Å². The minimum Gasteiger partial charge on any atom is -0.241 e. The predicted octanol–water partition coefficient (Wildman–Crippen LogP) is 3.92. The van der Waals surface area contributed by atoms with E-state index in [1.807, 2.05) is 0 Å². The largest absolute Gasteiger partial charge is 0.498 e. The van der Waals surface area contributed by atoms with Gasteiger partial charge in [-0.15, -0.1) is 0 Å². The topological polar surface area (TPSA) is 107 Å². The maximum absolute atomic E-state index is 13.1. The van der Waals surface area contributed by atoms with E-state index in [1.54, 1.807) is 6.92 Å². The molecule has 192 valence electrons. The Bertz CT molecular complexity index is 1540. The number of sulfone groups is 2. The molecule has 0 bridgehead atoms. The van der Waals surface area contributed by atoms with E-state index in [0.717, 1.165) is 6.07 Å². The lowest BCUT2D eigenvalue weighted by Crippen LogP contribution is -2.46. The minimum atomic E-state index is -6.90. The van der Waals surface area contributed by atoms with Crippen LogP contribution in [0.4, 0.5) is 26.3 Å². The van der Waals surface area contributed by atoms with Gasteiger partial charge in [0.15, 0.2) is 4.58 Å². The number of fused-ring (bicyclic) bond motifs is 1. The summed E-state index contributed by atoms with van der Waals surface area (Å²) in [5, 5.41) is -0.247. The fourth-order valence-electron chi connectivity index (χ4n) is 3.27.